The Morgan fingerprint density at radius 1 is 1.50 bits per heavy atom. The third-order valence-electron chi connectivity index (χ3n) is 1.77. The van der Waals surface area contributed by atoms with E-state index >= 15 is 0 Å². The Bertz CT molecular complexity index is 433. The van der Waals surface area contributed by atoms with Gasteiger partial charge < -0.3 is 19.6 Å². The van der Waals surface area contributed by atoms with E-state index in [0.29, 0.717) is 6.42 Å². The number of rotatable bonds is 4. The van der Waals surface area contributed by atoms with Gasteiger partial charge >= 0.3 is 12.1 Å². The molecule has 7 nitrogen and oxygen atoms in total. The fourth-order valence-electron chi connectivity index (χ4n) is 1.11. The van der Waals surface area contributed by atoms with Gasteiger partial charge in [-0.25, -0.2) is 14.6 Å². The lowest BCUT2D eigenvalue weighted by atomic mass is 10.2. The number of carbonyl (C=O) groups excluding carboxylic acids is 1. The molecule has 18 heavy (non-hydrogen) atoms. The molecule has 1 aromatic rings. The topological polar surface area (TPSA) is 102 Å². The summed E-state index contributed by atoms with van der Waals surface area (Å²) in [6, 6.07) is 0. The normalized spacial score (nSPS) is 11.1. The summed E-state index contributed by atoms with van der Waals surface area (Å²) in [7, 11) is 0. The summed E-state index contributed by atoms with van der Waals surface area (Å²) < 4.78 is 9.95. The number of hydrogen-bond donors (Lipinski definition) is 2. The number of amides is 1. The third-order valence-corrected chi connectivity index (χ3v) is 1.77. The summed E-state index contributed by atoms with van der Waals surface area (Å²) in [6.45, 7) is 5.55. The van der Waals surface area contributed by atoms with E-state index in [1.807, 2.05) is 0 Å². The molecule has 0 bridgehead atoms. The molecule has 1 amide bonds. The molecule has 0 unspecified atom stereocenters. The van der Waals surface area contributed by atoms with Crippen LogP contribution in [0.15, 0.2) is 10.6 Å². The highest BCUT2D eigenvalue weighted by atomic mass is 16.6. The quantitative estimate of drug-likeness (QED) is 0.845. The molecule has 0 spiro atoms. The average molecular weight is 256 g/mol. The number of aromatic carboxylic acids is 1. The van der Waals surface area contributed by atoms with Gasteiger partial charge in [0.15, 0.2) is 5.89 Å². The largest absolute Gasteiger partial charge is 0.475 e. The molecule has 0 atom stereocenters. The van der Waals surface area contributed by atoms with Crippen LogP contribution in [0.3, 0.4) is 0 Å². The minimum absolute atomic E-state index is 0.220. The van der Waals surface area contributed by atoms with Gasteiger partial charge in [-0.2, -0.15) is 0 Å². The van der Waals surface area contributed by atoms with Crippen LogP contribution in [0.2, 0.25) is 0 Å². The molecule has 0 saturated carbocycles. The first-order valence-electron chi connectivity index (χ1n) is 5.43. The first kappa shape index (κ1) is 14.0. The van der Waals surface area contributed by atoms with Crippen molar-refractivity contribution >= 4 is 12.1 Å². The van der Waals surface area contributed by atoms with Crippen molar-refractivity contribution in [3.8, 4) is 0 Å². The van der Waals surface area contributed by atoms with E-state index in [2.05, 4.69) is 10.3 Å². The van der Waals surface area contributed by atoms with Crippen LogP contribution in [-0.4, -0.2) is 34.3 Å². The van der Waals surface area contributed by atoms with Crippen LogP contribution < -0.4 is 5.32 Å². The van der Waals surface area contributed by atoms with E-state index in [1.54, 1.807) is 20.8 Å². The second-order valence-corrected chi connectivity index (χ2v) is 4.60. The molecule has 1 aromatic heterocycles. The minimum atomic E-state index is -1.17. The second kappa shape index (κ2) is 5.52. The molecule has 0 saturated heterocycles. The van der Waals surface area contributed by atoms with Crippen LogP contribution in [0.4, 0.5) is 4.79 Å². The second-order valence-electron chi connectivity index (χ2n) is 4.60. The number of hydrogen-bond acceptors (Lipinski definition) is 5. The number of alkyl carbamates (subject to hydrolysis) is 1. The molecular formula is C11H16N2O5. The summed E-state index contributed by atoms with van der Waals surface area (Å²) >= 11 is 0. The lowest BCUT2D eigenvalue weighted by Crippen LogP contribution is -2.33. The molecule has 0 aromatic carbocycles. The van der Waals surface area contributed by atoms with Crippen LogP contribution in [0.25, 0.3) is 0 Å². The number of carboxylic acid groups (broad SMARTS) is 1. The van der Waals surface area contributed by atoms with Crippen molar-refractivity contribution in [3.05, 3.63) is 17.8 Å². The van der Waals surface area contributed by atoms with Gasteiger partial charge in [-0.05, 0) is 20.8 Å². The maximum Gasteiger partial charge on any atom is 0.407 e. The Balaban J connectivity index is 2.33. The van der Waals surface area contributed by atoms with Gasteiger partial charge in [0.25, 0.3) is 0 Å². The van der Waals surface area contributed by atoms with E-state index in [-0.39, 0.29) is 18.2 Å². The molecular weight excluding hydrogens is 240 g/mol. The van der Waals surface area contributed by atoms with E-state index < -0.39 is 17.7 Å². The molecule has 2 N–H and O–H groups in total. The van der Waals surface area contributed by atoms with Crippen molar-refractivity contribution in [2.75, 3.05) is 6.54 Å². The van der Waals surface area contributed by atoms with Crippen molar-refractivity contribution in [1.29, 1.82) is 0 Å². The van der Waals surface area contributed by atoms with Gasteiger partial charge in [0.2, 0.25) is 5.76 Å². The number of nitrogens with one attached hydrogen (secondary N) is 1. The number of ether oxygens (including phenoxy) is 1. The van der Waals surface area contributed by atoms with Gasteiger partial charge in [0.05, 0.1) is 6.20 Å². The molecule has 7 heteroatoms. The van der Waals surface area contributed by atoms with E-state index in [9.17, 15) is 9.59 Å². The molecule has 1 rings (SSSR count). The van der Waals surface area contributed by atoms with Crippen molar-refractivity contribution in [2.24, 2.45) is 0 Å². The fraction of sp³-hybridized carbons (Fsp3) is 0.545. The number of carbonyl (C=O) groups is 2. The van der Waals surface area contributed by atoms with Crippen LogP contribution in [0.1, 0.15) is 37.2 Å². The Kier molecular flexibility index (Phi) is 4.30. The lowest BCUT2D eigenvalue weighted by molar-refractivity contribution is 0.0526. The Labute approximate surface area is 104 Å². The minimum Gasteiger partial charge on any atom is -0.475 e. The molecule has 0 aliphatic rings. The molecule has 0 fully saturated rings. The predicted octanol–water partition coefficient (Wildman–Crippen LogP) is 1.44. The Morgan fingerprint density at radius 3 is 2.67 bits per heavy atom. The average Bonchev–Trinajstić information content (AvgIpc) is 2.63. The molecule has 1 heterocycles. The fourth-order valence-corrected chi connectivity index (χ4v) is 1.11. The zero-order valence-corrected chi connectivity index (χ0v) is 10.5. The van der Waals surface area contributed by atoms with Gasteiger partial charge in [-0.1, -0.05) is 0 Å². The zero-order chi connectivity index (χ0) is 13.8. The maximum absolute atomic E-state index is 11.3. The summed E-state index contributed by atoms with van der Waals surface area (Å²) in [4.78, 5) is 25.6. The van der Waals surface area contributed by atoms with Crippen LogP contribution in [0, 0.1) is 0 Å². The Morgan fingerprint density at radius 2 is 2.17 bits per heavy atom. The highest BCUT2D eigenvalue weighted by molar-refractivity contribution is 5.83. The third kappa shape index (κ3) is 4.86. The highest BCUT2D eigenvalue weighted by Gasteiger charge is 2.16. The number of aromatic nitrogens is 1. The number of oxazole rings is 1. The standard InChI is InChI=1S/C11H16N2O5/c1-11(2,3)18-10(16)12-5-4-8-13-6-7(17-8)9(14)15/h6H,4-5H2,1-3H3,(H,12,16)(H,14,15). The zero-order valence-electron chi connectivity index (χ0n) is 10.5. The smallest absolute Gasteiger partial charge is 0.407 e. The summed E-state index contributed by atoms with van der Waals surface area (Å²) in [5.74, 6) is -1.14. The van der Waals surface area contributed by atoms with Gasteiger partial charge in [0.1, 0.15) is 5.60 Å². The van der Waals surface area contributed by atoms with E-state index in [1.165, 1.54) is 0 Å². The van der Waals surface area contributed by atoms with Gasteiger partial charge in [-0.15, -0.1) is 0 Å². The molecule has 0 aliphatic heterocycles. The molecule has 100 valence electrons. The Hall–Kier alpha value is -2.05. The lowest BCUT2D eigenvalue weighted by Gasteiger charge is -2.19. The summed E-state index contributed by atoms with van der Waals surface area (Å²) in [5, 5.41) is 11.1. The monoisotopic (exact) mass is 256 g/mol. The maximum atomic E-state index is 11.3. The van der Waals surface area contributed by atoms with Crippen molar-refractivity contribution in [2.45, 2.75) is 32.8 Å². The number of nitrogens with zero attached hydrogens (tertiary/aromatic N) is 1. The van der Waals surface area contributed by atoms with Gasteiger partial charge in [-0.3, -0.25) is 0 Å². The predicted molar refractivity (Wildman–Crippen MR) is 61.4 cm³/mol. The first-order chi connectivity index (χ1) is 8.28. The molecule has 0 radical (unpaired) electrons. The summed E-state index contributed by atoms with van der Waals surface area (Å²) in [6.07, 6.45) is 0.894. The van der Waals surface area contributed by atoms with Crippen molar-refractivity contribution in [1.82, 2.24) is 10.3 Å². The highest BCUT2D eigenvalue weighted by Crippen LogP contribution is 2.07. The van der Waals surface area contributed by atoms with Crippen molar-refractivity contribution in [3.63, 3.8) is 0 Å². The van der Waals surface area contributed by atoms with Gasteiger partial charge in [0, 0.05) is 13.0 Å². The van der Waals surface area contributed by atoms with E-state index in [4.69, 9.17) is 14.3 Å². The van der Waals surface area contributed by atoms with E-state index in [0.717, 1.165) is 6.20 Å². The first-order valence-corrected chi connectivity index (χ1v) is 5.43. The number of carboxylic acids is 1. The summed E-state index contributed by atoms with van der Waals surface area (Å²) in [5.41, 5.74) is -0.552. The van der Waals surface area contributed by atoms with Crippen LogP contribution >= 0.6 is 0 Å². The molecule has 0 aliphatic carbocycles. The van der Waals surface area contributed by atoms with Crippen LogP contribution in [-0.2, 0) is 11.2 Å². The SMILES string of the molecule is CC(C)(C)OC(=O)NCCc1ncc(C(=O)O)o1. The van der Waals surface area contributed by atoms with Crippen LogP contribution in [0.5, 0.6) is 0 Å². The van der Waals surface area contributed by atoms with Crippen molar-refractivity contribution < 1.29 is 23.8 Å².